The van der Waals surface area contributed by atoms with Crippen molar-refractivity contribution in [3.63, 3.8) is 0 Å². The SMILES string of the molecule is C#CC(C)(C)NC(=O)c1sccc1OC. The highest BCUT2D eigenvalue weighted by Crippen LogP contribution is 2.24. The molecule has 0 saturated carbocycles. The molecule has 0 aliphatic carbocycles. The minimum Gasteiger partial charge on any atom is -0.495 e. The lowest BCUT2D eigenvalue weighted by Gasteiger charge is -2.19. The van der Waals surface area contributed by atoms with Crippen LogP contribution in [0, 0.1) is 12.3 Å². The lowest BCUT2D eigenvalue weighted by atomic mass is 10.1. The average Bonchev–Trinajstić information content (AvgIpc) is 2.64. The van der Waals surface area contributed by atoms with E-state index in [0.717, 1.165) is 0 Å². The number of hydrogen-bond donors (Lipinski definition) is 1. The quantitative estimate of drug-likeness (QED) is 0.795. The van der Waals surface area contributed by atoms with E-state index in [1.807, 2.05) is 0 Å². The molecule has 0 aliphatic heterocycles. The number of carbonyl (C=O) groups excluding carboxylic acids is 1. The van der Waals surface area contributed by atoms with Crippen LogP contribution in [0.4, 0.5) is 0 Å². The Morgan fingerprint density at radius 2 is 2.33 bits per heavy atom. The monoisotopic (exact) mass is 223 g/mol. The summed E-state index contributed by atoms with van der Waals surface area (Å²) in [6, 6.07) is 1.75. The van der Waals surface area contributed by atoms with Crippen LogP contribution >= 0.6 is 11.3 Å². The second-order valence-electron chi connectivity index (χ2n) is 3.54. The lowest BCUT2D eigenvalue weighted by molar-refractivity contribution is 0.0931. The Balaban J connectivity index is 2.83. The second kappa shape index (κ2) is 4.37. The molecule has 0 fully saturated rings. The molecule has 1 aromatic heterocycles. The molecule has 1 heterocycles. The Morgan fingerprint density at radius 1 is 1.67 bits per heavy atom. The Bertz CT molecular complexity index is 401. The molecule has 0 bridgehead atoms. The molecule has 0 radical (unpaired) electrons. The maximum absolute atomic E-state index is 11.8. The zero-order valence-electron chi connectivity index (χ0n) is 8.96. The van der Waals surface area contributed by atoms with E-state index in [-0.39, 0.29) is 5.91 Å². The molecule has 0 atom stereocenters. The number of carbonyl (C=O) groups is 1. The number of terminal acetylenes is 1. The maximum atomic E-state index is 11.8. The largest absolute Gasteiger partial charge is 0.495 e. The summed E-state index contributed by atoms with van der Waals surface area (Å²) in [6.07, 6.45) is 5.29. The van der Waals surface area contributed by atoms with Gasteiger partial charge in [0.25, 0.3) is 5.91 Å². The molecule has 1 aromatic rings. The van der Waals surface area contributed by atoms with Gasteiger partial charge in [0, 0.05) is 0 Å². The molecule has 0 aromatic carbocycles. The van der Waals surface area contributed by atoms with Crippen molar-refractivity contribution in [1.29, 1.82) is 0 Å². The van der Waals surface area contributed by atoms with Gasteiger partial charge in [0.15, 0.2) is 0 Å². The van der Waals surface area contributed by atoms with Crippen molar-refractivity contribution in [2.45, 2.75) is 19.4 Å². The van der Waals surface area contributed by atoms with Crippen LogP contribution < -0.4 is 10.1 Å². The topological polar surface area (TPSA) is 38.3 Å². The molecule has 0 aliphatic rings. The molecular formula is C11H13NO2S. The number of amides is 1. The van der Waals surface area contributed by atoms with E-state index in [1.54, 1.807) is 25.3 Å². The minimum absolute atomic E-state index is 0.204. The van der Waals surface area contributed by atoms with E-state index >= 15 is 0 Å². The zero-order valence-corrected chi connectivity index (χ0v) is 9.77. The molecule has 4 heteroatoms. The highest BCUT2D eigenvalue weighted by atomic mass is 32.1. The first kappa shape index (κ1) is 11.6. The third-order valence-corrected chi connectivity index (χ3v) is 2.74. The Labute approximate surface area is 93.5 Å². The van der Waals surface area contributed by atoms with Gasteiger partial charge in [-0.25, -0.2) is 0 Å². The van der Waals surface area contributed by atoms with Crippen molar-refractivity contribution in [2.75, 3.05) is 7.11 Å². The van der Waals surface area contributed by atoms with E-state index in [0.29, 0.717) is 10.6 Å². The molecule has 3 nitrogen and oxygen atoms in total. The number of nitrogens with one attached hydrogen (secondary N) is 1. The smallest absolute Gasteiger partial charge is 0.266 e. The van der Waals surface area contributed by atoms with Crippen LogP contribution in [0.5, 0.6) is 5.75 Å². The lowest BCUT2D eigenvalue weighted by Crippen LogP contribution is -2.41. The second-order valence-corrected chi connectivity index (χ2v) is 4.46. The highest BCUT2D eigenvalue weighted by Gasteiger charge is 2.21. The van der Waals surface area contributed by atoms with Gasteiger partial charge < -0.3 is 10.1 Å². The predicted molar refractivity (Wildman–Crippen MR) is 61.2 cm³/mol. The molecular weight excluding hydrogens is 210 g/mol. The molecule has 0 saturated heterocycles. The third-order valence-electron chi connectivity index (χ3n) is 1.84. The summed E-state index contributed by atoms with van der Waals surface area (Å²) < 4.78 is 5.05. The first-order chi connectivity index (χ1) is 7.00. The summed E-state index contributed by atoms with van der Waals surface area (Å²) >= 11 is 1.33. The van der Waals surface area contributed by atoms with Crippen molar-refractivity contribution in [2.24, 2.45) is 0 Å². The summed E-state index contributed by atoms with van der Waals surface area (Å²) in [5.74, 6) is 2.87. The fourth-order valence-electron chi connectivity index (χ4n) is 1.00. The highest BCUT2D eigenvalue weighted by molar-refractivity contribution is 7.12. The number of rotatable bonds is 3. The van der Waals surface area contributed by atoms with Crippen molar-refractivity contribution < 1.29 is 9.53 Å². The van der Waals surface area contributed by atoms with Crippen molar-refractivity contribution in [1.82, 2.24) is 5.32 Å². The molecule has 80 valence electrons. The molecule has 0 spiro atoms. The van der Waals surface area contributed by atoms with Crippen molar-refractivity contribution in [3.05, 3.63) is 16.3 Å². The Morgan fingerprint density at radius 3 is 2.87 bits per heavy atom. The maximum Gasteiger partial charge on any atom is 0.266 e. The van der Waals surface area contributed by atoms with Crippen LogP contribution in [0.15, 0.2) is 11.4 Å². The van der Waals surface area contributed by atoms with Gasteiger partial charge in [-0.2, -0.15) is 0 Å². The standard InChI is InChI=1S/C11H13NO2S/c1-5-11(2,3)12-10(13)9-8(14-4)6-7-15-9/h1,6-7H,2-4H3,(H,12,13). The van der Waals surface area contributed by atoms with Crippen molar-refractivity contribution in [3.8, 4) is 18.1 Å². The molecule has 1 amide bonds. The Kier molecular flexibility index (Phi) is 3.38. The number of methoxy groups -OCH3 is 1. The number of ether oxygens (including phenoxy) is 1. The van der Waals surface area contributed by atoms with Gasteiger partial charge in [0.05, 0.1) is 12.6 Å². The average molecular weight is 223 g/mol. The van der Waals surface area contributed by atoms with E-state index in [2.05, 4.69) is 11.2 Å². The number of hydrogen-bond acceptors (Lipinski definition) is 3. The summed E-state index contributed by atoms with van der Waals surface area (Å²) in [6.45, 7) is 3.54. The van der Waals surface area contributed by atoms with Crippen LogP contribution in [0.3, 0.4) is 0 Å². The first-order valence-corrected chi connectivity index (χ1v) is 5.30. The summed E-state index contributed by atoms with van der Waals surface area (Å²) in [5.41, 5.74) is -0.647. The van der Waals surface area contributed by atoms with Crippen LogP contribution in [-0.4, -0.2) is 18.6 Å². The minimum atomic E-state index is -0.647. The third kappa shape index (κ3) is 2.74. The van der Waals surface area contributed by atoms with Crippen LogP contribution in [0.1, 0.15) is 23.5 Å². The number of thiophene rings is 1. The van der Waals surface area contributed by atoms with Gasteiger partial charge in [-0.1, -0.05) is 5.92 Å². The van der Waals surface area contributed by atoms with Crippen molar-refractivity contribution >= 4 is 17.2 Å². The van der Waals surface area contributed by atoms with Gasteiger partial charge in [-0.05, 0) is 25.3 Å². The summed E-state index contributed by atoms with van der Waals surface area (Å²) in [4.78, 5) is 12.3. The van der Waals surface area contributed by atoms with Crippen LogP contribution in [0.25, 0.3) is 0 Å². The van der Waals surface area contributed by atoms with Gasteiger partial charge >= 0.3 is 0 Å². The van der Waals surface area contributed by atoms with Crippen LogP contribution in [0.2, 0.25) is 0 Å². The van der Waals surface area contributed by atoms with Gasteiger partial charge in [-0.3, -0.25) is 4.79 Å². The van der Waals surface area contributed by atoms with Gasteiger partial charge in [-0.15, -0.1) is 17.8 Å². The fraction of sp³-hybridized carbons (Fsp3) is 0.364. The van der Waals surface area contributed by atoms with E-state index in [9.17, 15) is 4.79 Å². The normalized spacial score (nSPS) is 10.5. The van der Waals surface area contributed by atoms with E-state index in [1.165, 1.54) is 18.4 Å². The fourth-order valence-corrected chi connectivity index (χ4v) is 1.75. The molecule has 15 heavy (non-hydrogen) atoms. The summed E-state index contributed by atoms with van der Waals surface area (Å²) in [5, 5.41) is 4.54. The van der Waals surface area contributed by atoms with E-state index in [4.69, 9.17) is 11.2 Å². The first-order valence-electron chi connectivity index (χ1n) is 4.42. The van der Waals surface area contributed by atoms with E-state index < -0.39 is 5.54 Å². The van der Waals surface area contributed by atoms with Gasteiger partial charge in [0.2, 0.25) is 0 Å². The molecule has 1 rings (SSSR count). The van der Waals surface area contributed by atoms with Gasteiger partial charge in [0.1, 0.15) is 10.6 Å². The summed E-state index contributed by atoms with van der Waals surface area (Å²) in [7, 11) is 1.53. The molecule has 1 N–H and O–H groups in total. The zero-order chi connectivity index (χ0) is 11.5. The molecule has 0 unspecified atom stereocenters. The predicted octanol–water partition coefficient (Wildman–Crippen LogP) is 1.90. The van der Waals surface area contributed by atoms with Crippen LogP contribution in [-0.2, 0) is 0 Å². The Hall–Kier alpha value is -1.47.